The molecule has 7 heteroatoms. The van der Waals surface area contributed by atoms with Crippen LogP contribution < -0.4 is 11.1 Å². The number of primary amides is 1. The average molecular weight is 218 g/mol. The van der Waals surface area contributed by atoms with E-state index in [4.69, 9.17) is 15.6 Å². The van der Waals surface area contributed by atoms with Crippen molar-refractivity contribution < 1.29 is 24.5 Å². The second-order valence-electron chi connectivity index (χ2n) is 3.39. The first-order valence-corrected chi connectivity index (χ1v) is 4.55. The molecule has 1 fully saturated rings. The number of aliphatic hydroxyl groups excluding tert-OH is 1. The Bertz CT molecular complexity index is 270. The van der Waals surface area contributed by atoms with Crippen molar-refractivity contribution in [2.75, 3.05) is 13.2 Å². The van der Waals surface area contributed by atoms with Gasteiger partial charge in [0.1, 0.15) is 0 Å². The topological polar surface area (TPSA) is 122 Å². The zero-order valence-electron chi connectivity index (χ0n) is 8.10. The fourth-order valence-electron chi connectivity index (χ4n) is 1.35. The number of nitrogens with two attached hydrogens (primary N) is 1. The number of ether oxygens (including phenoxy) is 1. The Morgan fingerprint density at radius 3 is 2.73 bits per heavy atom. The Hall–Kier alpha value is -1.18. The fraction of sp³-hybridized carbons (Fsp3) is 0.750. The van der Waals surface area contributed by atoms with E-state index in [1.807, 2.05) is 0 Å². The van der Waals surface area contributed by atoms with E-state index in [0.29, 0.717) is 6.42 Å². The lowest BCUT2D eigenvalue weighted by Gasteiger charge is -2.21. The average Bonchev–Trinajstić information content (AvgIpc) is 2.58. The maximum Gasteiger partial charge on any atom is 0.280 e. The minimum Gasteiger partial charge on any atom is -0.394 e. The summed E-state index contributed by atoms with van der Waals surface area (Å²) in [7, 11) is 0. The van der Waals surface area contributed by atoms with Crippen LogP contribution >= 0.6 is 0 Å². The lowest BCUT2D eigenvalue weighted by atomic mass is 10.1. The van der Waals surface area contributed by atoms with E-state index in [1.165, 1.54) is 0 Å². The summed E-state index contributed by atoms with van der Waals surface area (Å²) in [5, 5.41) is 20.6. The molecule has 0 radical (unpaired) electrons. The van der Waals surface area contributed by atoms with Crippen molar-refractivity contribution in [1.82, 2.24) is 5.32 Å². The van der Waals surface area contributed by atoms with Crippen LogP contribution in [0.25, 0.3) is 0 Å². The maximum atomic E-state index is 11.4. The van der Waals surface area contributed by atoms with Crippen molar-refractivity contribution in [3.63, 3.8) is 0 Å². The standard InChI is InChI=1S/C8H14N2O5/c9-6(12)3-10-7(13)8(14)2-1-5(4-11)15-8/h5,11,14H,1-4H2,(H2,9,12)(H,10,13)/t5-,8?/m0/s1. The molecular weight excluding hydrogens is 204 g/mol. The number of carbonyl (C=O) groups excluding carboxylic acids is 2. The third-order valence-corrected chi connectivity index (χ3v) is 2.15. The Kier molecular flexibility index (Phi) is 3.61. The molecule has 1 aliphatic heterocycles. The molecule has 5 N–H and O–H groups in total. The van der Waals surface area contributed by atoms with E-state index >= 15 is 0 Å². The molecule has 2 amide bonds. The fourth-order valence-corrected chi connectivity index (χ4v) is 1.35. The summed E-state index contributed by atoms with van der Waals surface area (Å²) in [5.41, 5.74) is 4.82. The van der Waals surface area contributed by atoms with E-state index in [2.05, 4.69) is 5.32 Å². The van der Waals surface area contributed by atoms with Crippen LogP contribution in [0.5, 0.6) is 0 Å². The lowest BCUT2D eigenvalue weighted by Crippen LogP contribution is -2.49. The van der Waals surface area contributed by atoms with Crippen molar-refractivity contribution in [1.29, 1.82) is 0 Å². The summed E-state index contributed by atoms with van der Waals surface area (Å²) in [6.45, 7) is -0.611. The number of hydrogen-bond donors (Lipinski definition) is 4. The number of hydrogen-bond acceptors (Lipinski definition) is 5. The predicted octanol–water partition coefficient (Wildman–Crippen LogP) is -2.55. The zero-order chi connectivity index (χ0) is 11.5. The third-order valence-electron chi connectivity index (χ3n) is 2.15. The highest BCUT2D eigenvalue weighted by Crippen LogP contribution is 2.27. The van der Waals surface area contributed by atoms with Gasteiger partial charge in [0.15, 0.2) is 0 Å². The van der Waals surface area contributed by atoms with Gasteiger partial charge in [0.25, 0.3) is 5.91 Å². The van der Waals surface area contributed by atoms with E-state index < -0.39 is 23.7 Å². The molecule has 1 rings (SSSR count). The summed E-state index contributed by atoms with van der Waals surface area (Å²) >= 11 is 0. The van der Waals surface area contributed by atoms with Gasteiger partial charge in [-0.1, -0.05) is 0 Å². The molecule has 1 heterocycles. The molecule has 1 aliphatic rings. The van der Waals surface area contributed by atoms with Crippen molar-refractivity contribution in [3.8, 4) is 0 Å². The molecule has 0 aromatic heterocycles. The van der Waals surface area contributed by atoms with Gasteiger partial charge in [-0.05, 0) is 6.42 Å². The predicted molar refractivity (Wildman–Crippen MR) is 48.3 cm³/mol. The lowest BCUT2D eigenvalue weighted by molar-refractivity contribution is -0.203. The van der Waals surface area contributed by atoms with E-state index in [1.54, 1.807) is 0 Å². The van der Waals surface area contributed by atoms with Crippen LogP contribution in [0.3, 0.4) is 0 Å². The van der Waals surface area contributed by atoms with Crippen molar-refractivity contribution >= 4 is 11.8 Å². The van der Waals surface area contributed by atoms with Crippen molar-refractivity contribution in [2.45, 2.75) is 24.7 Å². The normalized spacial score (nSPS) is 30.1. The van der Waals surface area contributed by atoms with Crippen LogP contribution in [0, 0.1) is 0 Å². The first-order valence-electron chi connectivity index (χ1n) is 4.55. The quantitative estimate of drug-likeness (QED) is 0.413. The molecule has 0 aliphatic carbocycles. The van der Waals surface area contributed by atoms with Gasteiger partial charge in [0.05, 0.1) is 19.3 Å². The molecule has 86 valence electrons. The largest absolute Gasteiger partial charge is 0.394 e. The maximum absolute atomic E-state index is 11.4. The van der Waals surface area contributed by atoms with Crippen LogP contribution in [0.2, 0.25) is 0 Å². The van der Waals surface area contributed by atoms with Gasteiger partial charge in [0, 0.05) is 6.42 Å². The summed E-state index contributed by atoms with van der Waals surface area (Å²) in [4.78, 5) is 21.7. The number of carbonyl (C=O) groups is 2. The molecule has 0 saturated carbocycles. The highest BCUT2D eigenvalue weighted by Gasteiger charge is 2.44. The summed E-state index contributed by atoms with van der Waals surface area (Å²) in [6, 6.07) is 0. The number of aliphatic hydroxyl groups is 2. The third kappa shape index (κ3) is 2.88. The first-order chi connectivity index (χ1) is 6.98. The van der Waals surface area contributed by atoms with Gasteiger partial charge >= 0.3 is 0 Å². The van der Waals surface area contributed by atoms with Crippen LogP contribution in [-0.2, 0) is 14.3 Å². The number of rotatable bonds is 4. The second kappa shape index (κ2) is 4.56. The first kappa shape index (κ1) is 11.9. The van der Waals surface area contributed by atoms with Crippen LogP contribution in [-0.4, -0.2) is 47.1 Å². The van der Waals surface area contributed by atoms with Gasteiger partial charge in [-0.3, -0.25) is 9.59 Å². The van der Waals surface area contributed by atoms with Crippen LogP contribution in [0.4, 0.5) is 0 Å². The minimum atomic E-state index is -1.96. The highest BCUT2D eigenvalue weighted by molar-refractivity contribution is 5.88. The summed E-state index contributed by atoms with van der Waals surface area (Å²) < 4.78 is 4.93. The SMILES string of the molecule is NC(=O)CNC(=O)C1(O)CC[C@@H](CO)O1. The van der Waals surface area contributed by atoms with Crippen LogP contribution in [0.15, 0.2) is 0 Å². The minimum absolute atomic E-state index is 0.0861. The molecule has 2 atom stereocenters. The Labute approximate surface area is 86.2 Å². The number of amides is 2. The van der Waals surface area contributed by atoms with Gasteiger partial charge in [-0.25, -0.2) is 0 Å². The number of nitrogens with one attached hydrogen (secondary N) is 1. The van der Waals surface area contributed by atoms with E-state index in [0.717, 1.165) is 0 Å². The molecule has 0 aromatic carbocycles. The van der Waals surface area contributed by atoms with Crippen molar-refractivity contribution in [2.24, 2.45) is 5.73 Å². The smallest absolute Gasteiger partial charge is 0.280 e. The van der Waals surface area contributed by atoms with Crippen molar-refractivity contribution in [3.05, 3.63) is 0 Å². The Balaban J connectivity index is 2.48. The monoisotopic (exact) mass is 218 g/mol. The highest BCUT2D eigenvalue weighted by atomic mass is 16.6. The molecule has 0 aromatic rings. The molecular formula is C8H14N2O5. The summed E-state index contributed by atoms with van der Waals surface area (Å²) in [5.74, 6) is -3.47. The second-order valence-corrected chi connectivity index (χ2v) is 3.39. The van der Waals surface area contributed by atoms with E-state index in [-0.39, 0.29) is 19.6 Å². The zero-order valence-corrected chi connectivity index (χ0v) is 8.10. The molecule has 1 saturated heterocycles. The van der Waals surface area contributed by atoms with Gasteiger partial charge in [-0.15, -0.1) is 0 Å². The molecule has 0 spiro atoms. The molecule has 15 heavy (non-hydrogen) atoms. The molecule has 1 unspecified atom stereocenters. The van der Waals surface area contributed by atoms with Gasteiger partial charge in [0.2, 0.25) is 11.7 Å². The Morgan fingerprint density at radius 1 is 1.60 bits per heavy atom. The van der Waals surface area contributed by atoms with Gasteiger partial charge < -0.3 is 26.0 Å². The van der Waals surface area contributed by atoms with Gasteiger partial charge in [-0.2, -0.15) is 0 Å². The summed E-state index contributed by atoms with van der Waals surface area (Å²) in [6.07, 6.45) is -0.0749. The van der Waals surface area contributed by atoms with Crippen LogP contribution in [0.1, 0.15) is 12.8 Å². The molecule has 0 bridgehead atoms. The van der Waals surface area contributed by atoms with E-state index in [9.17, 15) is 14.7 Å². The molecule has 7 nitrogen and oxygen atoms in total. The Morgan fingerprint density at radius 2 is 2.27 bits per heavy atom.